The van der Waals surface area contributed by atoms with Crippen LogP contribution in [-0.4, -0.2) is 29.0 Å². The number of rotatable bonds is 7. The number of anilines is 1. The summed E-state index contributed by atoms with van der Waals surface area (Å²) in [5.74, 6) is 1.16. The maximum atomic E-state index is 11.1. The van der Waals surface area contributed by atoms with E-state index in [1.54, 1.807) is 0 Å². The number of primary amides is 1. The minimum Gasteiger partial charge on any atom is -0.368 e. The van der Waals surface area contributed by atoms with Gasteiger partial charge in [-0.05, 0) is 22.4 Å². The molecule has 0 aliphatic heterocycles. The summed E-state index contributed by atoms with van der Waals surface area (Å²) >= 11 is 3.36. The third kappa shape index (κ3) is 4.60. The van der Waals surface area contributed by atoms with Gasteiger partial charge in [0, 0.05) is 19.0 Å². The number of nitrogens with two attached hydrogens (primary N) is 1. The number of hydrogen-bond donors (Lipinski definition) is 1. The number of halogens is 1. The highest BCUT2D eigenvalue weighted by atomic mass is 79.9. The van der Waals surface area contributed by atoms with Crippen LogP contribution >= 0.6 is 15.9 Å². The van der Waals surface area contributed by atoms with Gasteiger partial charge >= 0.3 is 0 Å². The Bertz CT molecular complexity index is 411. The first kappa shape index (κ1) is 14.9. The Kier molecular flexibility index (Phi) is 6.04. The molecule has 0 aliphatic carbocycles. The molecule has 1 heterocycles. The molecule has 2 N–H and O–H groups in total. The smallest absolute Gasteiger partial charge is 0.236 e. The summed E-state index contributed by atoms with van der Waals surface area (Å²) in [6.07, 6.45) is 2.81. The van der Waals surface area contributed by atoms with Crippen LogP contribution in [0, 0.1) is 0 Å². The topological polar surface area (TPSA) is 72.1 Å². The predicted octanol–water partition coefficient (Wildman–Crippen LogP) is 1.89. The van der Waals surface area contributed by atoms with Crippen molar-refractivity contribution in [2.75, 3.05) is 18.0 Å². The molecule has 0 saturated carbocycles. The highest BCUT2D eigenvalue weighted by Crippen LogP contribution is 2.17. The normalized spacial score (nSPS) is 10.4. The van der Waals surface area contributed by atoms with Gasteiger partial charge < -0.3 is 10.6 Å². The Morgan fingerprint density at radius 2 is 2.17 bits per heavy atom. The summed E-state index contributed by atoms with van der Waals surface area (Å²) in [6.45, 7) is 5.06. The van der Waals surface area contributed by atoms with E-state index in [-0.39, 0.29) is 12.5 Å². The second-order valence-electron chi connectivity index (χ2n) is 4.06. The van der Waals surface area contributed by atoms with Crippen LogP contribution < -0.4 is 10.6 Å². The molecule has 0 aromatic carbocycles. The Morgan fingerprint density at radius 1 is 1.44 bits per heavy atom. The zero-order valence-electron chi connectivity index (χ0n) is 10.8. The van der Waals surface area contributed by atoms with E-state index in [1.807, 2.05) is 17.9 Å². The second kappa shape index (κ2) is 7.31. The fraction of sp³-hybridized carbons (Fsp3) is 0.583. The summed E-state index contributed by atoms with van der Waals surface area (Å²) in [6, 6.07) is 1.82. The highest BCUT2D eigenvalue weighted by Gasteiger charge is 2.12. The van der Waals surface area contributed by atoms with Crippen molar-refractivity contribution in [2.45, 2.75) is 33.1 Å². The number of carbonyl (C=O) groups is 1. The summed E-state index contributed by atoms with van der Waals surface area (Å²) in [7, 11) is 0. The molecule has 1 rings (SSSR count). The van der Waals surface area contributed by atoms with E-state index in [9.17, 15) is 4.79 Å². The molecular formula is C12H19BrN4O. The number of hydrogen-bond acceptors (Lipinski definition) is 4. The van der Waals surface area contributed by atoms with Gasteiger partial charge in [0.15, 0.2) is 0 Å². The lowest BCUT2D eigenvalue weighted by Crippen LogP contribution is -2.35. The molecule has 0 saturated heterocycles. The number of aryl methyl sites for hydroxylation is 1. The van der Waals surface area contributed by atoms with Crippen LogP contribution in [0.15, 0.2) is 10.7 Å². The standard InChI is InChI=1S/C12H19BrN4O/c1-3-5-6-17(8-10(14)18)12-7-9(13)15-11(4-2)16-12/h7H,3-6,8H2,1-2H3,(H2,14,18). The number of nitrogens with zero attached hydrogens (tertiary/aromatic N) is 3. The van der Waals surface area contributed by atoms with Crippen LogP contribution in [-0.2, 0) is 11.2 Å². The molecule has 100 valence electrons. The van der Waals surface area contributed by atoms with Crippen LogP contribution in [0.4, 0.5) is 5.82 Å². The lowest BCUT2D eigenvalue weighted by Gasteiger charge is -2.22. The van der Waals surface area contributed by atoms with Crippen molar-refractivity contribution in [1.29, 1.82) is 0 Å². The second-order valence-corrected chi connectivity index (χ2v) is 4.87. The van der Waals surface area contributed by atoms with Crippen molar-refractivity contribution >= 4 is 27.7 Å². The van der Waals surface area contributed by atoms with Gasteiger partial charge in [0.2, 0.25) is 5.91 Å². The van der Waals surface area contributed by atoms with Crippen molar-refractivity contribution in [1.82, 2.24) is 9.97 Å². The lowest BCUT2D eigenvalue weighted by atomic mass is 10.3. The quantitative estimate of drug-likeness (QED) is 0.780. The van der Waals surface area contributed by atoms with E-state index in [1.165, 1.54) is 0 Å². The zero-order chi connectivity index (χ0) is 13.5. The fourth-order valence-electron chi connectivity index (χ4n) is 1.58. The van der Waals surface area contributed by atoms with Crippen molar-refractivity contribution in [3.8, 4) is 0 Å². The van der Waals surface area contributed by atoms with Gasteiger partial charge in [0.25, 0.3) is 0 Å². The molecule has 0 spiro atoms. The van der Waals surface area contributed by atoms with Crippen LogP contribution in [0.2, 0.25) is 0 Å². The van der Waals surface area contributed by atoms with Crippen LogP contribution in [0.5, 0.6) is 0 Å². The fourth-order valence-corrected chi connectivity index (χ4v) is 1.99. The maximum absolute atomic E-state index is 11.1. The van der Waals surface area contributed by atoms with E-state index in [2.05, 4.69) is 32.8 Å². The molecule has 6 heteroatoms. The predicted molar refractivity (Wildman–Crippen MR) is 75.4 cm³/mol. The zero-order valence-corrected chi connectivity index (χ0v) is 12.4. The molecule has 0 fully saturated rings. The van der Waals surface area contributed by atoms with Gasteiger partial charge in [-0.3, -0.25) is 4.79 Å². The lowest BCUT2D eigenvalue weighted by molar-refractivity contribution is -0.116. The minimum atomic E-state index is -0.348. The number of unbranched alkanes of at least 4 members (excludes halogenated alkanes) is 1. The molecule has 0 aliphatic rings. The first-order chi connectivity index (χ1) is 8.56. The molecule has 0 bridgehead atoms. The van der Waals surface area contributed by atoms with Crippen LogP contribution in [0.25, 0.3) is 0 Å². The summed E-state index contributed by atoms with van der Waals surface area (Å²) < 4.78 is 0.732. The number of amides is 1. The SMILES string of the molecule is CCCCN(CC(N)=O)c1cc(Br)nc(CC)n1. The third-order valence-corrected chi connectivity index (χ3v) is 2.90. The number of carbonyl (C=O) groups excluding carboxylic acids is 1. The Morgan fingerprint density at radius 3 is 2.72 bits per heavy atom. The van der Waals surface area contributed by atoms with E-state index in [4.69, 9.17) is 5.73 Å². The van der Waals surface area contributed by atoms with E-state index in [0.717, 1.165) is 42.1 Å². The van der Waals surface area contributed by atoms with Gasteiger partial charge in [0.1, 0.15) is 16.2 Å². The minimum absolute atomic E-state index is 0.187. The Balaban J connectivity index is 2.95. The Hall–Kier alpha value is -1.17. The third-order valence-electron chi connectivity index (χ3n) is 2.50. The van der Waals surface area contributed by atoms with Crippen molar-refractivity contribution < 1.29 is 4.79 Å². The maximum Gasteiger partial charge on any atom is 0.236 e. The average Bonchev–Trinajstić information content (AvgIpc) is 2.33. The van der Waals surface area contributed by atoms with Gasteiger partial charge in [-0.25, -0.2) is 9.97 Å². The van der Waals surface area contributed by atoms with Crippen LogP contribution in [0.3, 0.4) is 0 Å². The largest absolute Gasteiger partial charge is 0.368 e. The Labute approximate surface area is 116 Å². The molecule has 0 unspecified atom stereocenters. The van der Waals surface area contributed by atoms with E-state index < -0.39 is 0 Å². The first-order valence-corrected chi connectivity index (χ1v) is 6.92. The molecule has 18 heavy (non-hydrogen) atoms. The van der Waals surface area contributed by atoms with Gasteiger partial charge in [-0.1, -0.05) is 20.3 Å². The highest BCUT2D eigenvalue weighted by molar-refractivity contribution is 9.10. The van der Waals surface area contributed by atoms with Crippen molar-refractivity contribution in [2.24, 2.45) is 5.73 Å². The van der Waals surface area contributed by atoms with Crippen molar-refractivity contribution in [3.05, 3.63) is 16.5 Å². The molecule has 0 radical (unpaired) electrons. The molecule has 5 nitrogen and oxygen atoms in total. The summed E-state index contributed by atoms with van der Waals surface area (Å²) in [5, 5.41) is 0. The molecule has 0 atom stereocenters. The first-order valence-electron chi connectivity index (χ1n) is 6.13. The van der Waals surface area contributed by atoms with Gasteiger partial charge in [-0.15, -0.1) is 0 Å². The molecule has 1 aromatic heterocycles. The van der Waals surface area contributed by atoms with Crippen molar-refractivity contribution in [3.63, 3.8) is 0 Å². The molecular weight excluding hydrogens is 296 g/mol. The van der Waals surface area contributed by atoms with Gasteiger partial charge in [0.05, 0.1) is 6.54 Å². The summed E-state index contributed by atoms with van der Waals surface area (Å²) in [5.41, 5.74) is 5.28. The summed E-state index contributed by atoms with van der Waals surface area (Å²) in [4.78, 5) is 21.7. The average molecular weight is 315 g/mol. The molecule has 1 amide bonds. The molecule has 1 aromatic rings. The number of aromatic nitrogens is 2. The van der Waals surface area contributed by atoms with Gasteiger partial charge in [-0.2, -0.15) is 0 Å². The van der Waals surface area contributed by atoms with Crippen LogP contribution in [0.1, 0.15) is 32.5 Å². The van der Waals surface area contributed by atoms with E-state index in [0.29, 0.717) is 0 Å². The monoisotopic (exact) mass is 314 g/mol. The van der Waals surface area contributed by atoms with E-state index >= 15 is 0 Å².